The molecule has 3 rings (SSSR count). The number of carbonyl (C=O) groups is 1. The molecule has 116 valence electrons. The van der Waals surface area contributed by atoms with E-state index >= 15 is 0 Å². The summed E-state index contributed by atoms with van der Waals surface area (Å²) in [6.07, 6.45) is 0. The van der Waals surface area contributed by atoms with Crippen LogP contribution in [0, 0.1) is 0 Å². The van der Waals surface area contributed by atoms with Gasteiger partial charge in [-0.15, -0.1) is 10.2 Å². The summed E-state index contributed by atoms with van der Waals surface area (Å²) in [5, 5.41) is 8.16. The van der Waals surface area contributed by atoms with E-state index in [9.17, 15) is 4.79 Å². The van der Waals surface area contributed by atoms with Crippen LogP contribution in [0.25, 0.3) is 11.5 Å². The van der Waals surface area contributed by atoms with Crippen LogP contribution in [0.5, 0.6) is 0 Å². The lowest BCUT2D eigenvalue weighted by Gasteiger charge is -2.06. The molecule has 0 saturated heterocycles. The first kappa shape index (κ1) is 16.0. The number of hydrogen-bond acceptors (Lipinski definition) is 5. The number of nitrogens with zero attached hydrogens (tertiary/aromatic N) is 2. The molecule has 0 fully saturated rings. The molecule has 0 aliphatic heterocycles. The molecule has 6 heteroatoms. The Morgan fingerprint density at radius 1 is 1.09 bits per heavy atom. The second-order valence-corrected chi connectivity index (χ2v) is 6.99. The molecule has 0 amide bonds. The maximum atomic E-state index is 12.4. The molecule has 0 aliphatic carbocycles. The molecule has 4 nitrogen and oxygen atoms in total. The normalized spacial score (nSPS) is 12.1. The van der Waals surface area contributed by atoms with E-state index in [0.29, 0.717) is 16.7 Å². The Morgan fingerprint density at radius 3 is 2.52 bits per heavy atom. The van der Waals surface area contributed by atoms with Crippen LogP contribution in [0.1, 0.15) is 17.3 Å². The Hall–Kier alpha value is -1.92. The van der Waals surface area contributed by atoms with E-state index in [1.165, 1.54) is 11.8 Å². The summed E-state index contributed by atoms with van der Waals surface area (Å²) in [4.78, 5) is 12.4. The maximum Gasteiger partial charge on any atom is 0.277 e. The lowest BCUT2D eigenvalue weighted by Crippen LogP contribution is -2.13. The fourth-order valence-electron chi connectivity index (χ4n) is 2.04. The highest BCUT2D eigenvalue weighted by Gasteiger charge is 2.20. The lowest BCUT2D eigenvalue weighted by molar-refractivity contribution is 0.0993. The molecule has 0 aliphatic rings. The first-order chi connectivity index (χ1) is 11.1. The van der Waals surface area contributed by atoms with Gasteiger partial charge in [0, 0.05) is 10.0 Å². The highest BCUT2D eigenvalue weighted by Crippen LogP contribution is 2.31. The number of carbonyl (C=O) groups excluding carboxylic acids is 1. The minimum atomic E-state index is -0.301. The van der Waals surface area contributed by atoms with Crippen LogP contribution in [0.3, 0.4) is 0 Å². The monoisotopic (exact) mass is 388 g/mol. The summed E-state index contributed by atoms with van der Waals surface area (Å²) in [6, 6.07) is 16.8. The van der Waals surface area contributed by atoms with Crippen LogP contribution in [0.15, 0.2) is 68.7 Å². The van der Waals surface area contributed by atoms with Crippen molar-refractivity contribution < 1.29 is 9.21 Å². The van der Waals surface area contributed by atoms with Crippen molar-refractivity contribution in [3.8, 4) is 11.5 Å². The van der Waals surface area contributed by atoms with Crippen LogP contribution in [0.2, 0.25) is 0 Å². The van der Waals surface area contributed by atoms with Gasteiger partial charge in [0.2, 0.25) is 5.89 Å². The van der Waals surface area contributed by atoms with E-state index in [-0.39, 0.29) is 11.0 Å². The highest BCUT2D eigenvalue weighted by molar-refractivity contribution is 9.10. The van der Waals surface area contributed by atoms with Gasteiger partial charge < -0.3 is 4.42 Å². The number of aromatic nitrogens is 2. The summed E-state index contributed by atoms with van der Waals surface area (Å²) in [7, 11) is 0. The highest BCUT2D eigenvalue weighted by atomic mass is 79.9. The van der Waals surface area contributed by atoms with Crippen LogP contribution < -0.4 is 0 Å². The van der Waals surface area contributed by atoms with Gasteiger partial charge in [-0.3, -0.25) is 4.79 Å². The molecular formula is C17H13BrN2O2S. The van der Waals surface area contributed by atoms with Crippen molar-refractivity contribution in [2.24, 2.45) is 0 Å². The summed E-state index contributed by atoms with van der Waals surface area (Å²) >= 11 is 4.72. The molecule has 3 aromatic rings. The van der Waals surface area contributed by atoms with Gasteiger partial charge in [-0.1, -0.05) is 54.2 Å². The van der Waals surface area contributed by atoms with Crippen molar-refractivity contribution in [1.82, 2.24) is 10.2 Å². The Balaban J connectivity index is 1.74. The SMILES string of the molecule is C[C@@H](Sc1nnc(-c2ccccc2Br)o1)C(=O)c1ccccc1. The summed E-state index contributed by atoms with van der Waals surface area (Å²) in [6.45, 7) is 1.84. The molecule has 1 aromatic heterocycles. The third-order valence-electron chi connectivity index (χ3n) is 3.22. The van der Waals surface area contributed by atoms with Gasteiger partial charge in [0.1, 0.15) is 0 Å². The first-order valence-corrected chi connectivity index (χ1v) is 8.67. The van der Waals surface area contributed by atoms with Crippen molar-refractivity contribution in [3.63, 3.8) is 0 Å². The molecule has 0 bridgehead atoms. The Bertz CT molecular complexity index is 820. The Kier molecular flexibility index (Phi) is 4.93. The van der Waals surface area contributed by atoms with Gasteiger partial charge in [0.05, 0.1) is 10.8 Å². The smallest absolute Gasteiger partial charge is 0.277 e. The summed E-state index contributed by atoms with van der Waals surface area (Å²) in [5.41, 5.74) is 1.51. The fourth-order valence-corrected chi connectivity index (χ4v) is 3.26. The first-order valence-electron chi connectivity index (χ1n) is 6.99. The third-order valence-corrected chi connectivity index (χ3v) is 4.84. The van der Waals surface area contributed by atoms with Crippen molar-refractivity contribution in [2.75, 3.05) is 0 Å². The van der Waals surface area contributed by atoms with Crippen molar-refractivity contribution in [2.45, 2.75) is 17.4 Å². The van der Waals surface area contributed by atoms with E-state index in [0.717, 1.165) is 10.0 Å². The number of hydrogen-bond donors (Lipinski definition) is 0. The van der Waals surface area contributed by atoms with Crippen LogP contribution >= 0.6 is 27.7 Å². The molecule has 23 heavy (non-hydrogen) atoms. The topological polar surface area (TPSA) is 56.0 Å². The zero-order valence-electron chi connectivity index (χ0n) is 12.3. The summed E-state index contributed by atoms with van der Waals surface area (Å²) in [5.74, 6) is 0.468. The predicted octanol–water partition coefficient (Wildman–Crippen LogP) is 4.86. The van der Waals surface area contributed by atoms with Crippen LogP contribution in [-0.2, 0) is 0 Å². The van der Waals surface area contributed by atoms with E-state index in [4.69, 9.17) is 4.42 Å². The zero-order valence-corrected chi connectivity index (χ0v) is 14.7. The quantitative estimate of drug-likeness (QED) is 0.461. The van der Waals surface area contributed by atoms with E-state index in [1.54, 1.807) is 12.1 Å². The molecule has 2 aromatic carbocycles. The van der Waals surface area contributed by atoms with Gasteiger partial charge in [0.25, 0.3) is 5.22 Å². The van der Waals surface area contributed by atoms with Gasteiger partial charge in [-0.2, -0.15) is 0 Å². The molecule has 1 atom stereocenters. The number of halogens is 1. The third kappa shape index (κ3) is 3.71. The average molecular weight is 389 g/mol. The Labute approximate surface area is 146 Å². The van der Waals surface area contributed by atoms with Crippen LogP contribution in [-0.4, -0.2) is 21.2 Å². The number of benzene rings is 2. The molecule has 0 spiro atoms. The molecular weight excluding hydrogens is 376 g/mol. The number of ketones is 1. The minimum Gasteiger partial charge on any atom is -0.411 e. The van der Waals surface area contributed by atoms with Gasteiger partial charge in [-0.25, -0.2) is 0 Å². The average Bonchev–Trinajstić information content (AvgIpc) is 3.03. The predicted molar refractivity (Wildman–Crippen MR) is 93.5 cm³/mol. The maximum absolute atomic E-state index is 12.4. The second-order valence-electron chi connectivity index (χ2n) is 4.84. The van der Waals surface area contributed by atoms with E-state index in [2.05, 4.69) is 26.1 Å². The van der Waals surface area contributed by atoms with Crippen molar-refractivity contribution in [3.05, 3.63) is 64.6 Å². The molecule has 0 N–H and O–H groups in total. The van der Waals surface area contributed by atoms with Gasteiger partial charge in [0.15, 0.2) is 5.78 Å². The van der Waals surface area contributed by atoms with E-state index < -0.39 is 0 Å². The van der Waals surface area contributed by atoms with Crippen molar-refractivity contribution >= 4 is 33.5 Å². The minimum absolute atomic E-state index is 0.0382. The number of rotatable bonds is 5. The van der Waals surface area contributed by atoms with Gasteiger partial charge >= 0.3 is 0 Å². The second kappa shape index (κ2) is 7.10. The molecule has 0 unspecified atom stereocenters. The van der Waals surface area contributed by atoms with Crippen LogP contribution in [0.4, 0.5) is 0 Å². The number of Topliss-reactive ketones (excluding diaryl/α,β-unsaturated/α-hetero) is 1. The lowest BCUT2D eigenvalue weighted by atomic mass is 10.1. The molecule has 0 radical (unpaired) electrons. The van der Waals surface area contributed by atoms with E-state index in [1.807, 2.05) is 49.4 Å². The number of thioether (sulfide) groups is 1. The zero-order chi connectivity index (χ0) is 16.2. The van der Waals surface area contributed by atoms with Crippen molar-refractivity contribution in [1.29, 1.82) is 0 Å². The Morgan fingerprint density at radius 2 is 1.78 bits per heavy atom. The molecule has 0 saturated carbocycles. The molecule has 1 heterocycles. The largest absolute Gasteiger partial charge is 0.411 e. The standard InChI is InChI=1S/C17H13BrN2O2S/c1-11(15(21)12-7-3-2-4-8-12)23-17-20-19-16(22-17)13-9-5-6-10-14(13)18/h2-11H,1H3/t11-/m1/s1. The summed E-state index contributed by atoms with van der Waals surface area (Å²) < 4.78 is 6.55. The fraction of sp³-hybridized carbons (Fsp3) is 0.118. The van der Waals surface area contributed by atoms with Gasteiger partial charge in [-0.05, 0) is 35.0 Å².